The molecule has 2 heterocycles. The molecular weight excluding hydrogens is 259 g/mol. The zero-order valence-electron chi connectivity index (χ0n) is 11.2. The maximum absolute atomic E-state index is 13.2. The van der Waals surface area contributed by atoms with E-state index in [1.54, 1.807) is 30.0 Å². The summed E-state index contributed by atoms with van der Waals surface area (Å²) in [5.41, 5.74) is 1.28. The van der Waals surface area contributed by atoms with Gasteiger partial charge in [0, 0.05) is 25.1 Å². The zero-order valence-corrected chi connectivity index (χ0v) is 11.2. The van der Waals surface area contributed by atoms with E-state index in [0.717, 1.165) is 12.0 Å². The Morgan fingerprint density at radius 3 is 3.00 bits per heavy atom. The number of hydrogen-bond acceptors (Lipinski definition) is 3. The molecule has 1 saturated heterocycles. The molecule has 3 rings (SSSR count). The van der Waals surface area contributed by atoms with Gasteiger partial charge >= 0.3 is 0 Å². The predicted octanol–water partition coefficient (Wildman–Crippen LogP) is 2.75. The molecule has 0 aliphatic carbocycles. The first-order valence-corrected chi connectivity index (χ1v) is 6.61. The number of likely N-dealkylation sites (tertiary alicyclic amines) is 1. The fourth-order valence-corrected chi connectivity index (χ4v) is 2.61. The quantitative estimate of drug-likeness (QED) is 0.846. The van der Waals surface area contributed by atoms with Crippen LogP contribution in [0.25, 0.3) is 0 Å². The first-order chi connectivity index (χ1) is 9.63. The third-order valence-electron chi connectivity index (χ3n) is 3.64. The molecule has 2 aromatic rings. The smallest absolute Gasteiger partial charge is 0.276 e. The van der Waals surface area contributed by atoms with Crippen molar-refractivity contribution in [1.82, 2.24) is 10.1 Å². The van der Waals surface area contributed by atoms with Crippen molar-refractivity contribution in [2.24, 2.45) is 0 Å². The number of carbonyl (C=O) groups excluding carboxylic acids is 1. The minimum absolute atomic E-state index is 0.124. The van der Waals surface area contributed by atoms with Crippen molar-refractivity contribution in [3.05, 3.63) is 53.2 Å². The molecule has 5 heteroatoms. The Labute approximate surface area is 116 Å². The average molecular weight is 274 g/mol. The van der Waals surface area contributed by atoms with Gasteiger partial charge in [0.1, 0.15) is 11.6 Å². The standard InChI is InChI=1S/C15H15FN2O2/c1-10-7-14(17-20-10)15(19)18-6-5-12(9-18)11-3-2-4-13(16)8-11/h2-4,7-8,12H,5-6,9H2,1H3. The number of aromatic nitrogens is 1. The highest BCUT2D eigenvalue weighted by Crippen LogP contribution is 2.28. The third-order valence-corrected chi connectivity index (χ3v) is 3.64. The fourth-order valence-electron chi connectivity index (χ4n) is 2.61. The number of carbonyl (C=O) groups is 1. The molecule has 0 bridgehead atoms. The molecule has 0 saturated carbocycles. The van der Waals surface area contributed by atoms with Crippen molar-refractivity contribution in [2.75, 3.05) is 13.1 Å². The molecule has 1 aromatic heterocycles. The summed E-state index contributed by atoms with van der Waals surface area (Å²) in [5.74, 6) is 0.442. The summed E-state index contributed by atoms with van der Waals surface area (Å²) in [7, 11) is 0. The van der Waals surface area contributed by atoms with E-state index in [1.807, 2.05) is 6.07 Å². The van der Waals surface area contributed by atoms with Gasteiger partial charge in [-0.05, 0) is 31.0 Å². The van der Waals surface area contributed by atoms with Crippen molar-refractivity contribution >= 4 is 5.91 Å². The van der Waals surface area contributed by atoms with Gasteiger partial charge in [-0.1, -0.05) is 17.3 Å². The van der Waals surface area contributed by atoms with Gasteiger partial charge in [-0.25, -0.2) is 4.39 Å². The number of amides is 1. The summed E-state index contributed by atoms with van der Waals surface area (Å²) in [6.45, 7) is 3.00. The van der Waals surface area contributed by atoms with Crippen molar-refractivity contribution in [3.63, 3.8) is 0 Å². The normalized spacial score (nSPS) is 18.5. The van der Waals surface area contributed by atoms with E-state index in [-0.39, 0.29) is 17.6 Å². The summed E-state index contributed by atoms with van der Waals surface area (Å²) < 4.78 is 18.2. The Bertz CT molecular complexity index is 638. The van der Waals surface area contributed by atoms with Gasteiger partial charge in [-0.3, -0.25) is 4.79 Å². The molecule has 1 unspecified atom stereocenters. The Morgan fingerprint density at radius 1 is 1.45 bits per heavy atom. The van der Waals surface area contributed by atoms with E-state index in [2.05, 4.69) is 5.16 Å². The van der Waals surface area contributed by atoms with Gasteiger partial charge in [-0.2, -0.15) is 0 Å². The van der Waals surface area contributed by atoms with Gasteiger partial charge in [-0.15, -0.1) is 0 Å². The van der Waals surface area contributed by atoms with Crippen LogP contribution in [0.4, 0.5) is 4.39 Å². The van der Waals surface area contributed by atoms with Crippen LogP contribution in [0.2, 0.25) is 0 Å². The molecule has 20 heavy (non-hydrogen) atoms. The third kappa shape index (κ3) is 2.43. The maximum Gasteiger partial charge on any atom is 0.276 e. The number of benzene rings is 1. The predicted molar refractivity (Wildman–Crippen MR) is 70.9 cm³/mol. The van der Waals surface area contributed by atoms with Gasteiger partial charge < -0.3 is 9.42 Å². The first kappa shape index (κ1) is 12.8. The summed E-state index contributed by atoms with van der Waals surface area (Å²) in [6, 6.07) is 8.22. The van der Waals surface area contributed by atoms with Crippen LogP contribution < -0.4 is 0 Å². The Kier molecular flexibility index (Phi) is 3.26. The number of rotatable bonds is 2. The molecule has 1 fully saturated rings. The number of nitrogens with zero attached hydrogens (tertiary/aromatic N) is 2. The number of hydrogen-bond donors (Lipinski definition) is 0. The average Bonchev–Trinajstić information content (AvgIpc) is 3.07. The van der Waals surface area contributed by atoms with E-state index in [9.17, 15) is 9.18 Å². The molecule has 0 radical (unpaired) electrons. The Hall–Kier alpha value is -2.17. The Morgan fingerprint density at radius 2 is 2.30 bits per heavy atom. The van der Waals surface area contributed by atoms with E-state index < -0.39 is 0 Å². The van der Waals surface area contributed by atoms with Crippen LogP contribution in [0.1, 0.15) is 34.2 Å². The minimum Gasteiger partial charge on any atom is -0.361 e. The SMILES string of the molecule is Cc1cc(C(=O)N2CCC(c3cccc(F)c3)C2)no1. The molecule has 1 amide bonds. The highest BCUT2D eigenvalue weighted by atomic mass is 19.1. The van der Waals surface area contributed by atoms with Crippen LogP contribution in [-0.2, 0) is 0 Å². The molecule has 4 nitrogen and oxygen atoms in total. The highest BCUT2D eigenvalue weighted by Gasteiger charge is 2.29. The van der Waals surface area contributed by atoms with Crippen LogP contribution in [-0.4, -0.2) is 29.1 Å². The van der Waals surface area contributed by atoms with Gasteiger partial charge in [0.05, 0.1) is 0 Å². The van der Waals surface area contributed by atoms with Crippen molar-refractivity contribution in [3.8, 4) is 0 Å². The molecule has 1 aromatic carbocycles. The molecular formula is C15H15FN2O2. The van der Waals surface area contributed by atoms with Crippen LogP contribution in [0.5, 0.6) is 0 Å². The Balaban J connectivity index is 1.72. The van der Waals surface area contributed by atoms with Crippen LogP contribution in [0.15, 0.2) is 34.9 Å². The maximum atomic E-state index is 13.2. The van der Waals surface area contributed by atoms with Gasteiger partial charge in [0.25, 0.3) is 5.91 Å². The molecule has 0 spiro atoms. The topological polar surface area (TPSA) is 46.3 Å². The minimum atomic E-state index is -0.237. The summed E-state index contributed by atoms with van der Waals surface area (Å²) >= 11 is 0. The zero-order chi connectivity index (χ0) is 14.1. The fraction of sp³-hybridized carbons (Fsp3) is 0.333. The van der Waals surface area contributed by atoms with Crippen LogP contribution in [0, 0.1) is 12.7 Å². The lowest BCUT2D eigenvalue weighted by molar-refractivity contribution is 0.0780. The van der Waals surface area contributed by atoms with Gasteiger partial charge in [0.2, 0.25) is 0 Å². The number of halogens is 1. The highest BCUT2D eigenvalue weighted by molar-refractivity contribution is 5.92. The van der Waals surface area contributed by atoms with E-state index in [4.69, 9.17) is 4.52 Å². The van der Waals surface area contributed by atoms with Crippen LogP contribution >= 0.6 is 0 Å². The summed E-state index contributed by atoms with van der Waals surface area (Å²) in [5, 5.41) is 3.75. The molecule has 1 atom stereocenters. The second-order valence-corrected chi connectivity index (χ2v) is 5.11. The van der Waals surface area contributed by atoms with Gasteiger partial charge in [0.15, 0.2) is 5.69 Å². The first-order valence-electron chi connectivity index (χ1n) is 6.61. The second-order valence-electron chi connectivity index (χ2n) is 5.11. The number of aryl methyl sites for hydroxylation is 1. The van der Waals surface area contributed by atoms with Crippen molar-refractivity contribution in [1.29, 1.82) is 0 Å². The lowest BCUT2D eigenvalue weighted by Crippen LogP contribution is -2.28. The van der Waals surface area contributed by atoms with E-state index in [0.29, 0.717) is 24.5 Å². The van der Waals surface area contributed by atoms with E-state index in [1.165, 1.54) is 6.07 Å². The molecule has 104 valence electrons. The van der Waals surface area contributed by atoms with Crippen molar-refractivity contribution in [2.45, 2.75) is 19.3 Å². The molecule has 0 N–H and O–H groups in total. The molecule has 1 aliphatic heterocycles. The lowest BCUT2D eigenvalue weighted by Gasteiger charge is -2.15. The van der Waals surface area contributed by atoms with Crippen LogP contribution in [0.3, 0.4) is 0 Å². The second kappa shape index (κ2) is 5.07. The summed E-state index contributed by atoms with van der Waals surface area (Å²) in [4.78, 5) is 14.0. The largest absolute Gasteiger partial charge is 0.361 e. The lowest BCUT2D eigenvalue weighted by atomic mass is 9.98. The molecule has 1 aliphatic rings. The monoisotopic (exact) mass is 274 g/mol. The van der Waals surface area contributed by atoms with Crippen molar-refractivity contribution < 1.29 is 13.7 Å². The summed E-state index contributed by atoms with van der Waals surface area (Å²) in [6.07, 6.45) is 0.839. The van der Waals surface area contributed by atoms with E-state index >= 15 is 0 Å².